The lowest BCUT2D eigenvalue weighted by atomic mass is 10.2. The number of carbonyl (C=O) groups is 2. The maximum Gasteiger partial charge on any atom is 0.410 e. The third-order valence-corrected chi connectivity index (χ3v) is 2.43. The highest BCUT2D eigenvalue weighted by Gasteiger charge is 2.32. The molecule has 1 amide bonds. The Hall–Kier alpha value is -1.30. The Labute approximate surface area is 107 Å². The molecule has 0 saturated carbocycles. The molecule has 1 N–H and O–H groups in total. The van der Waals surface area contributed by atoms with E-state index in [0.717, 1.165) is 0 Å². The molecule has 1 aliphatic rings. The lowest BCUT2D eigenvalue weighted by Crippen LogP contribution is -2.43. The third kappa shape index (κ3) is 4.52. The smallest absolute Gasteiger partial charge is 0.410 e. The number of amides is 1. The van der Waals surface area contributed by atoms with Gasteiger partial charge in [0, 0.05) is 6.54 Å². The second-order valence-corrected chi connectivity index (χ2v) is 5.65. The molecule has 2 atom stereocenters. The SMILES string of the molecule is CC1CO[C@H](C(=O)O)CN(C(=O)OC(C)(C)C)C1. The normalized spacial score (nSPS) is 25.4. The highest BCUT2D eigenvalue weighted by Crippen LogP contribution is 2.15. The summed E-state index contributed by atoms with van der Waals surface area (Å²) in [6.07, 6.45) is -1.48. The van der Waals surface area contributed by atoms with Crippen LogP contribution in [0.25, 0.3) is 0 Å². The van der Waals surface area contributed by atoms with E-state index in [-0.39, 0.29) is 12.5 Å². The van der Waals surface area contributed by atoms with Crippen molar-refractivity contribution in [2.75, 3.05) is 19.7 Å². The Morgan fingerprint density at radius 2 is 1.94 bits per heavy atom. The van der Waals surface area contributed by atoms with E-state index in [1.165, 1.54) is 4.90 Å². The summed E-state index contributed by atoms with van der Waals surface area (Å²) >= 11 is 0. The van der Waals surface area contributed by atoms with Crippen LogP contribution in [0.2, 0.25) is 0 Å². The molecule has 0 aliphatic carbocycles. The fraction of sp³-hybridized carbons (Fsp3) is 0.833. The van der Waals surface area contributed by atoms with Crippen LogP contribution in [0.3, 0.4) is 0 Å². The minimum absolute atomic E-state index is 0.0224. The lowest BCUT2D eigenvalue weighted by Gasteiger charge is -2.27. The van der Waals surface area contributed by atoms with Gasteiger partial charge in [-0.3, -0.25) is 0 Å². The molecule has 1 fully saturated rings. The first-order chi connectivity index (χ1) is 8.19. The van der Waals surface area contributed by atoms with Crippen LogP contribution in [0.15, 0.2) is 0 Å². The van der Waals surface area contributed by atoms with E-state index < -0.39 is 23.8 Å². The van der Waals surface area contributed by atoms with Crippen LogP contribution < -0.4 is 0 Å². The van der Waals surface area contributed by atoms with Crippen LogP contribution in [0.4, 0.5) is 4.79 Å². The van der Waals surface area contributed by atoms with E-state index in [1.807, 2.05) is 6.92 Å². The number of carbonyl (C=O) groups excluding carboxylic acids is 1. The van der Waals surface area contributed by atoms with E-state index in [0.29, 0.717) is 13.2 Å². The summed E-state index contributed by atoms with van der Waals surface area (Å²) in [5.74, 6) is -0.973. The molecular formula is C12H21NO5. The molecule has 6 heteroatoms. The molecule has 1 heterocycles. The number of carboxylic acids is 1. The van der Waals surface area contributed by atoms with Crippen molar-refractivity contribution in [3.63, 3.8) is 0 Å². The molecule has 18 heavy (non-hydrogen) atoms. The molecule has 0 bridgehead atoms. The third-order valence-electron chi connectivity index (χ3n) is 2.43. The van der Waals surface area contributed by atoms with Gasteiger partial charge in [0.1, 0.15) is 5.60 Å². The van der Waals surface area contributed by atoms with E-state index in [4.69, 9.17) is 14.6 Å². The quantitative estimate of drug-likeness (QED) is 0.769. The number of rotatable bonds is 1. The molecule has 1 saturated heterocycles. The largest absolute Gasteiger partial charge is 0.479 e. The lowest BCUT2D eigenvalue weighted by molar-refractivity contribution is -0.150. The van der Waals surface area contributed by atoms with Crippen molar-refractivity contribution in [2.45, 2.75) is 39.4 Å². The van der Waals surface area contributed by atoms with Gasteiger partial charge in [0.15, 0.2) is 6.10 Å². The molecule has 0 aromatic heterocycles. The van der Waals surface area contributed by atoms with Gasteiger partial charge in [-0.1, -0.05) is 6.92 Å². The van der Waals surface area contributed by atoms with Gasteiger partial charge in [0.05, 0.1) is 13.2 Å². The Balaban J connectivity index is 2.72. The second kappa shape index (κ2) is 5.56. The van der Waals surface area contributed by atoms with Gasteiger partial charge < -0.3 is 19.5 Å². The van der Waals surface area contributed by atoms with Gasteiger partial charge in [-0.05, 0) is 26.7 Å². The minimum atomic E-state index is -1.06. The van der Waals surface area contributed by atoms with Crippen molar-refractivity contribution >= 4 is 12.1 Å². The fourth-order valence-corrected chi connectivity index (χ4v) is 1.66. The van der Waals surface area contributed by atoms with E-state index >= 15 is 0 Å². The molecule has 0 spiro atoms. The second-order valence-electron chi connectivity index (χ2n) is 5.65. The first kappa shape index (κ1) is 14.8. The van der Waals surface area contributed by atoms with Gasteiger partial charge >= 0.3 is 12.1 Å². The highest BCUT2D eigenvalue weighted by atomic mass is 16.6. The summed E-state index contributed by atoms with van der Waals surface area (Å²) in [5, 5.41) is 8.98. The zero-order chi connectivity index (χ0) is 13.9. The average Bonchev–Trinajstić information content (AvgIpc) is 2.37. The summed E-state index contributed by atoms with van der Waals surface area (Å²) < 4.78 is 10.5. The predicted octanol–water partition coefficient (Wildman–Crippen LogP) is 1.34. The standard InChI is InChI=1S/C12H21NO5/c1-8-5-13(11(16)18-12(2,3)4)6-9(10(14)15)17-7-8/h8-9H,5-7H2,1-4H3,(H,14,15)/t8?,9-/m0/s1. The maximum absolute atomic E-state index is 11.9. The van der Waals surface area contributed by atoms with Gasteiger partial charge in [-0.25, -0.2) is 9.59 Å². The first-order valence-corrected chi connectivity index (χ1v) is 6.01. The molecule has 0 radical (unpaired) electrons. The van der Waals surface area contributed by atoms with Crippen molar-refractivity contribution in [3.8, 4) is 0 Å². The van der Waals surface area contributed by atoms with Crippen LogP contribution in [-0.2, 0) is 14.3 Å². The summed E-state index contributed by atoms with van der Waals surface area (Å²) in [6.45, 7) is 8.02. The molecule has 104 valence electrons. The zero-order valence-corrected chi connectivity index (χ0v) is 11.3. The van der Waals surface area contributed by atoms with Crippen LogP contribution in [-0.4, -0.2) is 53.5 Å². The van der Waals surface area contributed by atoms with Gasteiger partial charge in [-0.2, -0.15) is 0 Å². The number of hydrogen-bond donors (Lipinski definition) is 1. The molecule has 1 aliphatic heterocycles. The van der Waals surface area contributed by atoms with Gasteiger partial charge in [0.2, 0.25) is 0 Å². The summed E-state index contributed by atoms with van der Waals surface area (Å²) in [4.78, 5) is 24.3. The molecule has 1 rings (SSSR count). The van der Waals surface area contributed by atoms with Crippen LogP contribution in [0.1, 0.15) is 27.7 Å². The first-order valence-electron chi connectivity index (χ1n) is 6.01. The van der Waals surface area contributed by atoms with E-state index in [2.05, 4.69) is 0 Å². The molecule has 6 nitrogen and oxygen atoms in total. The van der Waals surface area contributed by atoms with Gasteiger partial charge in [-0.15, -0.1) is 0 Å². The molecule has 1 unspecified atom stereocenters. The zero-order valence-electron chi connectivity index (χ0n) is 11.3. The van der Waals surface area contributed by atoms with Crippen molar-refractivity contribution in [1.82, 2.24) is 4.90 Å². The van der Waals surface area contributed by atoms with Crippen LogP contribution >= 0.6 is 0 Å². The maximum atomic E-state index is 11.9. The van der Waals surface area contributed by atoms with Crippen LogP contribution in [0, 0.1) is 5.92 Å². The molecule has 0 aromatic rings. The predicted molar refractivity (Wildman–Crippen MR) is 64.3 cm³/mol. The molecular weight excluding hydrogens is 238 g/mol. The summed E-state index contributed by atoms with van der Waals surface area (Å²) in [6, 6.07) is 0. The highest BCUT2D eigenvalue weighted by molar-refractivity contribution is 5.74. The Kier molecular flexibility index (Phi) is 4.56. The monoisotopic (exact) mass is 259 g/mol. The summed E-state index contributed by atoms with van der Waals surface area (Å²) in [7, 11) is 0. The Morgan fingerprint density at radius 3 is 2.44 bits per heavy atom. The van der Waals surface area contributed by atoms with Gasteiger partial charge in [0.25, 0.3) is 0 Å². The summed E-state index contributed by atoms with van der Waals surface area (Å²) in [5.41, 5.74) is -0.591. The van der Waals surface area contributed by atoms with E-state index in [1.54, 1.807) is 20.8 Å². The van der Waals surface area contributed by atoms with Crippen molar-refractivity contribution in [3.05, 3.63) is 0 Å². The fourth-order valence-electron chi connectivity index (χ4n) is 1.66. The topological polar surface area (TPSA) is 76.1 Å². The van der Waals surface area contributed by atoms with Crippen molar-refractivity contribution in [2.24, 2.45) is 5.92 Å². The number of nitrogens with zero attached hydrogens (tertiary/aromatic N) is 1. The number of aliphatic carboxylic acids is 1. The minimum Gasteiger partial charge on any atom is -0.479 e. The van der Waals surface area contributed by atoms with Crippen molar-refractivity contribution < 1.29 is 24.2 Å². The number of carboxylic acid groups (broad SMARTS) is 1. The van der Waals surface area contributed by atoms with Crippen molar-refractivity contribution in [1.29, 1.82) is 0 Å². The van der Waals surface area contributed by atoms with E-state index in [9.17, 15) is 9.59 Å². The molecule has 0 aromatic carbocycles. The van der Waals surface area contributed by atoms with Crippen LogP contribution in [0.5, 0.6) is 0 Å². The number of hydrogen-bond acceptors (Lipinski definition) is 4. The number of ether oxygens (including phenoxy) is 2. The Bertz CT molecular complexity index is 323. The Morgan fingerprint density at radius 1 is 1.33 bits per heavy atom. The average molecular weight is 259 g/mol.